The topological polar surface area (TPSA) is 12.0 Å². The molecule has 0 aliphatic heterocycles. The molecule has 80 valence electrons. The lowest BCUT2D eigenvalue weighted by atomic mass is 9.74. The van der Waals surface area contributed by atoms with Crippen LogP contribution in [0.1, 0.15) is 53.9 Å². The molecule has 0 aliphatic carbocycles. The summed E-state index contributed by atoms with van der Waals surface area (Å²) < 4.78 is 0. The lowest BCUT2D eigenvalue weighted by Gasteiger charge is -2.35. The summed E-state index contributed by atoms with van der Waals surface area (Å²) in [6.07, 6.45) is 3.94. The van der Waals surface area contributed by atoms with Crippen LogP contribution in [-0.4, -0.2) is 13.1 Å². The van der Waals surface area contributed by atoms with Gasteiger partial charge in [-0.25, -0.2) is 0 Å². The Labute approximate surface area is 84.3 Å². The maximum absolute atomic E-state index is 3.48. The van der Waals surface area contributed by atoms with E-state index in [1.165, 1.54) is 25.8 Å². The Morgan fingerprint density at radius 2 is 1.85 bits per heavy atom. The summed E-state index contributed by atoms with van der Waals surface area (Å²) in [7, 11) is 0. The molecule has 0 fully saturated rings. The molecule has 0 aliphatic rings. The van der Waals surface area contributed by atoms with E-state index in [0.29, 0.717) is 5.41 Å². The number of hydrogen-bond donors (Lipinski definition) is 1. The standard InChI is InChI=1S/C12H27N/c1-6-9-11(4)12(5,7-2)10-13-8-3/h11,13H,6-10H2,1-5H3. The van der Waals surface area contributed by atoms with E-state index in [4.69, 9.17) is 0 Å². The van der Waals surface area contributed by atoms with Crippen LogP contribution < -0.4 is 5.32 Å². The van der Waals surface area contributed by atoms with E-state index in [0.717, 1.165) is 12.5 Å². The molecule has 0 amide bonds. The molecule has 1 heteroatoms. The molecule has 0 radical (unpaired) electrons. The van der Waals surface area contributed by atoms with Gasteiger partial charge in [0.25, 0.3) is 0 Å². The average molecular weight is 185 g/mol. The van der Waals surface area contributed by atoms with E-state index in [-0.39, 0.29) is 0 Å². The van der Waals surface area contributed by atoms with Crippen LogP contribution in [0.25, 0.3) is 0 Å². The smallest absolute Gasteiger partial charge is 0.000749 e. The Bertz CT molecular complexity index is 122. The van der Waals surface area contributed by atoms with Crippen molar-refractivity contribution in [2.75, 3.05) is 13.1 Å². The van der Waals surface area contributed by atoms with Gasteiger partial charge in [-0.05, 0) is 24.3 Å². The average Bonchev–Trinajstić information content (AvgIpc) is 2.14. The van der Waals surface area contributed by atoms with E-state index in [1.54, 1.807) is 0 Å². The lowest BCUT2D eigenvalue weighted by molar-refractivity contribution is 0.175. The molecule has 0 aromatic rings. The fraction of sp³-hybridized carbons (Fsp3) is 1.00. The van der Waals surface area contributed by atoms with Crippen LogP contribution in [0.15, 0.2) is 0 Å². The van der Waals surface area contributed by atoms with Crippen molar-refractivity contribution in [3.8, 4) is 0 Å². The predicted octanol–water partition coefficient (Wildman–Crippen LogP) is 3.45. The predicted molar refractivity (Wildman–Crippen MR) is 61.0 cm³/mol. The minimum Gasteiger partial charge on any atom is -0.316 e. The van der Waals surface area contributed by atoms with Gasteiger partial charge in [0.05, 0.1) is 0 Å². The summed E-state index contributed by atoms with van der Waals surface area (Å²) in [5, 5.41) is 3.48. The summed E-state index contributed by atoms with van der Waals surface area (Å²) in [5.74, 6) is 0.835. The quantitative estimate of drug-likeness (QED) is 0.640. The van der Waals surface area contributed by atoms with Crippen molar-refractivity contribution < 1.29 is 0 Å². The molecule has 0 bridgehead atoms. The highest BCUT2D eigenvalue weighted by atomic mass is 14.9. The molecule has 0 heterocycles. The van der Waals surface area contributed by atoms with Crippen LogP contribution in [0.3, 0.4) is 0 Å². The van der Waals surface area contributed by atoms with Gasteiger partial charge in [-0.1, -0.05) is 47.5 Å². The maximum Gasteiger partial charge on any atom is 0.000749 e. The Morgan fingerprint density at radius 1 is 1.23 bits per heavy atom. The van der Waals surface area contributed by atoms with Crippen molar-refractivity contribution in [2.45, 2.75) is 53.9 Å². The first kappa shape index (κ1) is 13.0. The van der Waals surface area contributed by atoms with Crippen molar-refractivity contribution in [2.24, 2.45) is 11.3 Å². The van der Waals surface area contributed by atoms with Gasteiger partial charge in [0.1, 0.15) is 0 Å². The third-order valence-corrected chi connectivity index (χ3v) is 3.50. The SMILES string of the molecule is CCCC(C)C(C)(CC)CNCC. The van der Waals surface area contributed by atoms with Crippen LogP contribution in [0, 0.1) is 11.3 Å². The van der Waals surface area contributed by atoms with Crippen molar-refractivity contribution >= 4 is 0 Å². The second-order valence-corrected chi connectivity index (χ2v) is 4.48. The molecule has 1 N–H and O–H groups in total. The van der Waals surface area contributed by atoms with Crippen LogP contribution in [-0.2, 0) is 0 Å². The van der Waals surface area contributed by atoms with Crippen LogP contribution in [0.2, 0.25) is 0 Å². The van der Waals surface area contributed by atoms with Gasteiger partial charge in [0, 0.05) is 6.54 Å². The Morgan fingerprint density at radius 3 is 2.23 bits per heavy atom. The van der Waals surface area contributed by atoms with Gasteiger partial charge in [-0.3, -0.25) is 0 Å². The molecule has 13 heavy (non-hydrogen) atoms. The van der Waals surface area contributed by atoms with Crippen LogP contribution in [0.4, 0.5) is 0 Å². The molecule has 0 aromatic heterocycles. The van der Waals surface area contributed by atoms with Gasteiger partial charge < -0.3 is 5.32 Å². The highest BCUT2D eigenvalue weighted by molar-refractivity contribution is 4.80. The Balaban J connectivity index is 4.07. The maximum atomic E-state index is 3.48. The Kier molecular flexibility index (Phi) is 6.40. The summed E-state index contributed by atoms with van der Waals surface area (Å²) >= 11 is 0. The first-order valence-corrected chi connectivity index (χ1v) is 5.81. The second-order valence-electron chi connectivity index (χ2n) is 4.48. The first-order chi connectivity index (χ1) is 6.10. The van der Waals surface area contributed by atoms with Gasteiger partial charge >= 0.3 is 0 Å². The fourth-order valence-corrected chi connectivity index (χ4v) is 1.84. The molecular formula is C12H27N. The van der Waals surface area contributed by atoms with E-state index >= 15 is 0 Å². The normalized spacial score (nSPS) is 18.2. The molecule has 0 saturated carbocycles. The van der Waals surface area contributed by atoms with Crippen molar-refractivity contribution in [3.05, 3.63) is 0 Å². The van der Waals surface area contributed by atoms with E-state index in [2.05, 4.69) is 39.9 Å². The van der Waals surface area contributed by atoms with E-state index in [9.17, 15) is 0 Å². The number of rotatable bonds is 7. The van der Waals surface area contributed by atoms with E-state index < -0.39 is 0 Å². The van der Waals surface area contributed by atoms with Crippen molar-refractivity contribution in [1.82, 2.24) is 5.32 Å². The summed E-state index contributed by atoms with van der Waals surface area (Å²) in [4.78, 5) is 0. The molecule has 0 spiro atoms. The summed E-state index contributed by atoms with van der Waals surface area (Å²) in [6, 6.07) is 0. The molecule has 2 atom stereocenters. The van der Waals surface area contributed by atoms with E-state index in [1.807, 2.05) is 0 Å². The third kappa shape index (κ3) is 4.12. The van der Waals surface area contributed by atoms with Crippen LogP contribution in [0.5, 0.6) is 0 Å². The number of hydrogen-bond acceptors (Lipinski definition) is 1. The lowest BCUT2D eigenvalue weighted by Crippen LogP contribution is -2.36. The van der Waals surface area contributed by atoms with Gasteiger partial charge in [-0.15, -0.1) is 0 Å². The number of nitrogens with one attached hydrogen (secondary N) is 1. The fourth-order valence-electron chi connectivity index (χ4n) is 1.84. The zero-order chi connectivity index (χ0) is 10.3. The molecule has 2 unspecified atom stereocenters. The zero-order valence-electron chi connectivity index (χ0n) is 10.1. The van der Waals surface area contributed by atoms with Crippen LogP contribution >= 0.6 is 0 Å². The molecule has 0 saturated heterocycles. The zero-order valence-corrected chi connectivity index (χ0v) is 10.1. The van der Waals surface area contributed by atoms with Gasteiger partial charge in [0.2, 0.25) is 0 Å². The summed E-state index contributed by atoms with van der Waals surface area (Å²) in [6.45, 7) is 13.8. The highest BCUT2D eigenvalue weighted by Crippen LogP contribution is 2.33. The monoisotopic (exact) mass is 185 g/mol. The molecule has 0 aromatic carbocycles. The second kappa shape index (κ2) is 6.42. The van der Waals surface area contributed by atoms with Crippen molar-refractivity contribution in [3.63, 3.8) is 0 Å². The highest BCUT2D eigenvalue weighted by Gasteiger charge is 2.27. The Hall–Kier alpha value is -0.0400. The minimum absolute atomic E-state index is 0.492. The van der Waals surface area contributed by atoms with Gasteiger partial charge in [-0.2, -0.15) is 0 Å². The minimum atomic E-state index is 0.492. The van der Waals surface area contributed by atoms with Gasteiger partial charge in [0.15, 0.2) is 0 Å². The van der Waals surface area contributed by atoms with Crippen molar-refractivity contribution in [1.29, 1.82) is 0 Å². The molecule has 1 nitrogen and oxygen atoms in total. The molecule has 0 rings (SSSR count). The first-order valence-electron chi connectivity index (χ1n) is 5.81. The third-order valence-electron chi connectivity index (χ3n) is 3.50. The largest absolute Gasteiger partial charge is 0.316 e. The molecular weight excluding hydrogens is 158 g/mol. The summed E-state index contributed by atoms with van der Waals surface area (Å²) in [5.41, 5.74) is 0.492.